The monoisotopic (exact) mass is 328 g/mol. The fourth-order valence-electron chi connectivity index (χ4n) is 2.88. The Hall–Kier alpha value is -2.76. The van der Waals surface area contributed by atoms with Gasteiger partial charge in [0.25, 0.3) is 5.91 Å². The maximum absolute atomic E-state index is 12.5. The molecule has 1 heterocycles. The summed E-state index contributed by atoms with van der Waals surface area (Å²) in [4.78, 5) is 16.9. The molecule has 1 aromatic carbocycles. The van der Waals surface area contributed by atoms with Crippen LogP contribution in [0.25, 0.3) is 0 Å². The van der Waals surface area contributed by atoms with Gasteiger partial charge in [-0.05, 0) is 49.4 Å². The van der Waals surface area contributed by atoms with Crippen LogP contribution in [-0.4, -0.2) is 30.2 Å². The summed E-state index contributed by atoms with van der Waals surface area (Å²) in [5, 5.41) is 12.8. The van der Waals surface area contributed by atoms with Crippen LogP contribution in [0.2, 0.25) is 0 Å². The molecule has 0 saturated carbocycles. The van der Waals surface area contributed by atoms with Gasteiger partial charge in [-0.25, -0.2) is 0 Å². The molecule has 2 aromatic rings. The van der Waals surface area contributed by atoms with Crippen LogP contribution in [-0.2, 0) is 12.8 Å². The summed E-state index contributed by atoms with van der Waals surface area (Å²) >= 11 is 0. The summed E-state index contributed by atoms with van der Waals surface area (Å²) in [6.45, 7) is 0. The van der Waals surface area contributed by atoms with Crippen molar-refractivity contribution in [1.82, 2.24) is 4.98 Å². The normalized spacial score (nSPS) is 13.1. The van der Waals surface area contributed by atoms with E-state index in [2.05, 4.69) is 10.3 Å². The highest BCUT2D eigenvalue weighted by Crippen LogP contribution is 2.37. The molecule has 1 aliphatic carbocycles. The van der Waals surface area contributed by atoms with Gasteiger partial charge in [-0.1, -0.05) is 0 Å². The number of fused-ring (bicyclic) bond motifs is 1. The highest BCUT2D eigenvalue weighted by Gasteiger charge is 2.17. The van der Waals surface area contributed by atoms with Crippen molar-refractivity contribution in [2.24, 2.45) is 0 Å². The average Bonchev–Trinajstić information content (AvgIpc) is 2.61. The predicted molar refractivity (Wildman–Crippen MR) is 90.0 cm³/mol. The van der Waals surface area contributed by atoms with E-state index in [0.29, 0.717) is 11.3 Å². The number of hydrogen-bond donors (Lipinski definition) is 2. The number of anilines is 1. The molecule has 0 saturated heterocycles. The van der Waals surface area contributed by atoms with E-state index in [-0.39, 0.29) is 23.2 Å². The molecule has 0 fully saturated rings. The molecule has 24 heavy (non-hydrogen) atoms. The van der Waals surface area contributed by atoms with Crippen molar-refractivity contribution in [3.05, 3.63) is 41.2 Å². The third-order valence-electron chi connectivity index (χ3n) is 4.17. The van der Waals surface area contributed by atoms with Crippen molar-refractivity contribution in [1.29, 1.82) is 0 Å². The number of phenols is 1. The molecule has 1 amide bonds. The number of phenolic OH excluding ortho intramolecular Hbond substituents is 1. The summed E-state index contributed by atoms with van der Waals surface area (Å²) in [5.74, 6) is -0.0812. The summed E-state index contributed by atoms with van der Waals surface area (Å²) < 4.78 is 10.2. The molecular weight excluding hydrogens is 308 g/mol. The van der Waals surface area contributed by atoms with Crippen LogP contribution in [0, 0.1) is 0 Å². The second-order valence-electron chi connectivity index (χ2n) is 5.72. The molecule has 0 atom stereocenters. The molecule has 1 aliphatic rings. The largest absolute Gasteiger partial charge is 0.502 e. The number of carbonyl (C=O) groups is 1. The van der Waals surface area contributed by atoms with Crippen molar-refractivity contribution in [2.75, 3.05) is 19.5 Å². The first kappa shape index (κ1) is 16.1. The first-order valence-corrected chi connectivity index (χ1v) is 7.86. The first-order valence-electron chi connectivity index (χ1n) is 7.86. The van der Waals surface area contributed by atoms with Gasteiger partial charge in [0.15, 0.2) is 11.5 Å². The van der Waals surface area contributed by atoms with Crippen LogP contribution in [0.5, 0.6) is 17.2 Å². The minimum Gasteiger partial charge on any atom is -0.502 e. The van der Waals surface area contributed by atoms with E-state index in [1.807, 2.05) is 6.07 Å². The highest BCUT2D eigenvalue weighted by atomic mass is 16.5. The quantitative estimate of drug-likeness (QED) is 0.902. The lowest BCUT2D eigenvalue weighted by molar-refractivity contribution is 0.102. The van der Waals surface area contributed by atoms with Crippen molar-refractivity contribution >= 4 is 11.6 Å². The second-order valence-corrected chi connectivity index (χ2v) is 5.72. The number of aryl methyl sites for hydroxylation is 2. The van der Waals surface area contributed by atoms with E-state index in [0.717, 1.165) is 25.0 Å². The lowest BCUT2D eigenvalue weighted by Crippen LogP contribution is -2.14. The number of rotatable bonds is 4. The van der Waals surface area contributed by atoms with E-state index in [9.17, 15) is 9.90 Å². The molecule has 1 aromatic heterocycles. The molecule has 0 spiro atoms. The summed E-state index contributed by atoms with van der Waals surface area (Å²) in [6, 6.07) is 4.92. The molecule has 6 heteroatoms. The molecule has 3 rings (SSSR count). The zero-order valence-electron chi connectivity index (χ0n) is 13.8. The topological polar surface area (TPSA) is 80.7 Å². The Morgan fingerprint density at radius 2 is 1.79 bits per heavy atom. The Balaban J connectivity index is 1.85. The smallest absolute Gasteiger partial charge is 0.255 e. The maximum atomic E-state index is 12.5. The third-order valence-corrected chi connectivity index (χ3v) is 4.17. The number of aromatic hydroxyl groups is 1. The van der Waals surface area contributed by atoms with Crippen LogP contribution in [0.1, 0.15) is 34.5 Å². The van der Waals surface area contributed by atoms with Crippen molar-refractivity contribution in [3.63, 3.8) is 0 Å². The zero-order chi connectivity index (χ0) is 17.1. The molecule has 0 aliphatic heterocycles. The number of nitrogens with zero attached hydrogens (tertiary/aromatic N) is 1. The summed E-state index contributed by atoms with van der Waals surface area (Å²) in [5.41, 5.74) is 3.30. The number of benzene rings is 1. The van der Waals surface area contributed by atoms with E-state index in [4.69, 9.17) is 9.47 Å². The average molecular weight is 328 g/mol. The summed E-state index contributed by atoms with van der Waals surface area (Å²) in [6.07, 6.45) is 5.98. The molecule has 0 bridgehead atoms. The maximum Gasteiger partial charge on any atom is 0.255 e. The van der Waals surface area contributed by atoms with Crippen LogP contribution < -0.4 is 14.8 Å². The van der Waals surface area contributed by atoms with Crippen molar-refractivity contribution in [3.8, 4) is 17.2 Å². The minimum atomic E-state index is -0.316. The molecule has 126 valence electrons. The Morgan fingerprint density at radius 3 is 2.46 bits per heavy atom. The van der Waals surface area contributed by atoms with Gasteiger partial charge in [0.05, 0.1) is 26.1 Å². The zero-order valence-corrected chi connectivity index (χ0v) is 13.8. The van der Waals surface area contributed by atoms with Gasteiger partial charge >= 0.3 is 0 Å². The van der Waals surface area contributed by atoms with Gasteiger partial charge in [-0.15, -0.1) is 0 Å². The number of hydrogen-bond acceptors (Lipinski definition) is 5. The number of aromatic nitrogens is 1. The van der Waals surface area contributed by atoms with E-state index >= 15 is 0 Å². The SMILES string of the molecule is COc1cc(C(=O)Nc2cnc3c(c2)CCCC3)cc(OC)c1O. The van der Waals surface area contributed by atoms with Gasteiger partial charge in [0, 0.05) is 11.3 Å². The second kappa shape index (κ2) is 6.78. The number of carbonyl (C=O) groups excluding carboxylic acids is 1. The third kappa shape index (κ3) is 3.13. The number of pyridine rings is 1. The van der Waals surface area contributed by atoms with Gasteiger partial charge < -0.3 is 19.9 Å². The lowest BCUT2D eigenvalue weighted by atomic mass is 9.96. The first-order chi connectivity index (χ1) is 11.6. The number of methoxy groups -OCH3 is 2. The van der Waals surface area contributed by atoms with Crippen LogP contribution >= 0.6 is 0 Å². The van der Waals surface area contributed by atoms with Crippen LogP contribution in [0.4, 0.5) is 5.69 Å². The van der Waals surface area contributed by atoms with Crippen molar-refractivity contribution < 1.29 is 19.4 Å². The van der Waals surface area contributed by atoms with Gasteiger partial charge in [-0.3, -0.25) is 9.78 Å². The molecule has 0 radical (unpaired) electrons. The molecule has 0 unspecified atom stereocenters. The molecule has 6 nitrogen and oxygen atoms in total. The molecular formula is C18H20N2O4. The highest BCUT2D eigenvalue weighted by molar-refractivity contribution is 6.05. The Bertz CT molecular complexity index is 749. The van der Waals surface area contributed by atoms with Crippen molar-refractivity contribution in [2.45, 2.75) is 25.7 Å². The Morgan fingerprint density at radius 1 is 1.12 bits per heavy atom. The van der Waals surface area contributed by atoms with E-state index in [1.165, 1.54) is 38.3 Å². The number of amides is 1. The number of nitrogens with one attached hydrogen (secondary N) is 1. The van der Waals surface area contributed by atoms with E-state index in [1.54, 1.807) is 6.20 Å². The molecule has 2 N–H and O–H groups in total. The van der Waals surface area contributed by atoms with Gasteiger partial charge in [0.1, 0.15) is 0 Å². The van der Waals surface area contributed by atoms with Gasteiger partial charge in [0.2, 0.25) is 5.75 Å². The minimum absolute atomic E-state index is 0.132. The fraction of sp³-hybridized carbons (Fsp3) is 0.333. The predicted octanol–water partition coefficient (Wildman–Crippen LogP) is 2.94. The Kier molecular flexibility index (Phi) is 4.55. The Labute approximate surface area is 140 Å². The van der Waals surface area contributed by atoms with E-state index < -0.39 is 0 Å². The van der Waals surface area contributed by atoms with Crippen LogP contribution in [0.15, 0.2) is 24.4 Å². The standard InChI is InChI=1S/C18H20N2O4/c1-23-15-8-12(9-16(24-2)17(15)21)18(22)20-13-7-11-5-3-4-6-14(11)19-10-13/h7-10,21H,3-6H2,1-2H3,(H,20,22). The van der Waals surface area contributed by atoms with Crippen LogP contribution in [0.3, 0.4) is 0 Å². The van der Waals surface area contributed by atoms with Gasteiger partial charge in [-0.2, -0.15) is 0 Å². The summed E-state index contributed by atoms with van der Waals surface area (Å²) in [7, 11) is 2.84. The lowest BCUT2D eigenvalue weighted by Gasteiger charge is -2.16. The number of ether oxygens (including phenoxy) is 2. The fourth-order valence-corrected chi connectivity index (χ4v) is 2.88.